The molecule has 1 heterocycles. The van der Waals surface area contributed by atoms with Crippen LogP contribution in [0.3, 0.4) is 0 Å². The molecular weight excluding hydrogens is 401 g/mol. The Kier molecular flexibility index (Phi) is 5.08. The van der Waals surface area contributed by atoms with Crippen LogP contribution in [0.2, 0.25) is 0 Å². The average Bonchev–Trinajstić information content (AvgIpc) is 2.99. The van der Waals surface area contributed by atoms with E-state index in [9.17, 15) is 14.0 Å². The first-order chi connectivity index (χ1) is 12.3. The van der Waals surface area contributed by atoms with E-state index in [0.717, 1.165) is 10.0 Å². The molecule has 134 valence electrons. The molecule has 3 aromatic rings. The number of fused-ring (bicyclic) bond motifs is 1. The third-order valence-electron chi connectivity index (χ3n) is 4.00. The standard InChI is InChI=1S/C19H17BrFN3O2/c1-11-7-13(20)3-5-15(11)23-18(25)10-24(2)19(26)17-9-12-8-14(21)4-6-16(12)22-17/h3-9,22H,10H2,1-2H3,(H,23,25). The van der Waals surface area contributed by atoms with Gasteiger partial charge in [0.15, 0.2) is 0 Å². The Hall–Kier alpha value is -2.67. The molecule has 7 heteroatoms. The summed E-state index contributed by atoms with van der Waals surface area (Å²) in [6.07, 6.45) is 0. The van der Waals surface area contributed by atoms with Gasteiger partial charge in [0, 0.05) is 28.1 Å². The number of aromatic amines is 1. The second kappa shape index (κ2) is 7.29. The summed E-state index contributed by atoms with van der Waals surface area (Å²) >= 11 is 3.37. The monoisotopic (exact) mass is 417 g/mol. The Morgan fingerprint density at radius 2 is 1.96 bits per heavy atom. The molecule has 0 aliphatic heterocycles. The van der Waals surface area contributed by atoms with E-state index in [1.165, 1.54) is 17.0 Å². The van der Waals surface area contributed by atoms with E-state index in [1.807, 2.05) is 19.1 Å². The lowest BCUT2D eigenvalue weighted by molar-refractivity contribution is -0.116. The molecule has 0 fully saturated rings. The zero-order valence-corrected chi connectivity index (χ0v) is 15.9. The first kappa shape index (κ1) is 18.1. The summed E-state index contributed by atoms with van der Waals surface area (Å²) in [5.74, 6) is -1.01. The van der Waals surface area contributed by atoms with Crippen LogP contribution >= 0.6 is 15.9 Å². The van der Waals surface area contributed by atoms with Gasteiger partial charge in [0.2, 0.25) is 5.91 Å². The number of benzene rings is 2. The van der Waals surface area contributed by atoms with E-state index in [1.54, 1.807) is 25.2 Å². The largest absolute Gasteiger partial charge is 0.351 e. The van der Waals surface area contributed by atoms with Crippen LogP contribution in [-0.4, -0.2) is 35.3 Å². The Morgan fingerprint density at radius 1 is 1.19 bits per heavy atom. The highest BCUT2D eigenvalue weighted by atomic mass is 79.9. The minimum absolute atomic E-state index is 0.0991. The number of amides is 2. The fourth-order valence-corrected chi connectivity index (χ4v) is 3.14. The van der Waals surface area contributed by atoms with Gasteiger partial charge in [0.1, 0.15) is 11.5 Å². The smallest absolute Gasteiger partial charge is 0.270 e. The van der Waals surface area contributed by atoms with E-state index < -0.39 is 0 Å². The quantitative estimate of drug-likeness (QED) is 0.671. The summed E-state index contributed by atoms with van der Waals surface area (Å²) in [4.78, 5) is 29.0. The van der Waals surface area contributed by atoms with Crippen molar-refractivity contribution >= 4 is 44.3 Å². The molecule has 0 bridgehead atoms. The molecule has 0 atom stereocenters. The minimum atomic E-state index is -0.368. The highest BCUT2D eigenvalue weighted by molar-refractivity contribution is 9.10. The molecule has 0 saturated heterocycles. The molecule has 1 aromatic heterocycles. The van der Waals surface area contributed by atoms with Gasteiger partial charge in [-0.15, -0.1) is 0 Å². The number of H-pyrrole nitrogens is 1. The maximum atomic E-state index is 13.3. The lowest BCUT2D eigenvalue weighted by Gasteiger charge is -2.16. The number of carbonyl (C=O) groups excluding carboxylic acids is 2. The second-order valence-electron chi connectivity index (χ2n) is 6.08. The fraction of sp³-hybridized carbons (Fsp3) is 0.158. The van der Waals surface area contributed by atoms with Crippen LogP contribution in [0.15, 0.2) is 46.9 Å². The zero-order chi connectivity index (χ0) is 18.8. The van der Waals surface area contributed by atoms with Crippen molar-refractivity contribution < 1.29 is 14.0 Å². The van der Waals surface area contributed by atoms with Gasteiger partial charge in [0.25, 0.3) is 5.91 Å². The molecule has 0 aliphatic rings. The molecule has 2 amide bonds. The van der Waals surface area contributed by atoms with Crippen molar-refractivity contribution in [2.75, 3.05) is 18.9 Å². The van der Waals surface area contributed by atoms with Crippen LogP contribution in [0.1, 0.15) is 16.1 Å². The third-order valence-corrected chi connectivity index (χ3v) is 4.50. The lowest BCUT2D eigenvalue weighted by Crippen LogP contribution is -2.35. The third kappa shape index (κ3) is 3.94. The summed E-state index contributed by atoms with van der Waals surface area (Å²) < 4.78 is 14.2. The maximum absolute atomic E-state index is 13.3. The number of hydrogen-bond donors (Lipinski definition) is 2. The molecule has 2 N–H and O–H groups in total. The van der Waals surface area contributed by atoms with Crippen molar-refractivity contribution in [3.8, 4) is 0 Å². The number of likely N-dealkylation sites (N-methyl/N-ethyl adjacent to an activating group) is 1. The van der Waals surface area contributed by atoms with Crippen molar-refractivity contribution in [2.45, 2.75) is 6.92 Å². The summed E-state index contributed by atoms with van der Waals surface area (Å²) in [5.41, 5.74) is 2.58. The topological polar surface area (TPSA) is 65.2 Å². The number of aryl methyl sites for hydroxylation is 1. The molecule has 0 unspecified atom stereocenters. The van der Waals surface area contributed by atoms with Gasteiger partial charge in [-0.05, 0) is 55.0 Å². The van der Waals surface area contributed by atoms with Gasteiger partial charge in [-0.2, -0.15) is 0 Å². The molecule has 0 aliphatic carbocycles. The van der Waals surface area contributed by atoms with Crippen LogP contribution < -0.4 is 5.32 Å². The van der Waals surface area contributed by atoms with Crippen LogP contribution in [-0.2, 0) is 4.79 Å². The Bertz CT molecular complexity index is 1000. The molecular formula is C19H17BrFN3O2. The van der Waals surface area contributed by atoms with Gasteiger partial charge in [-0.1, -0.05) is 15.9 Å². The fourth-order valence-electron chi connectivity index (χ4n) is 2.67. The van der Waals surface area contributed by atoms with E-state index in [2.05, 4.69) is 26.2 Å². The number of nitrogens with zero attached hydrogens (tertiary/aromatic N) is 1. The lowest BCUT2D eigenvalue weighted by atomic mass is 10.2. The molecule has 0 saturated carbocycles. The van der Waals surface area contributed by atoms with E-state index in [-0.39, 0.29) is 24.2 Å². The number of halogens is 2. The van der Waals surface area contributed by atoms with Crippen molar-refractivity contribution in [3.63, 3.8) is 0 Å². The molecule has 5 nitrogen and oxygen atoms in total. The molecule has 2 aromatic carbocycles. The van der Waals surface area contributed by atoms with E-state index in [4.69, 9.17) is 0 Å². The Balaban J connectivity index is 1.68. The average molecular weight is 418 g/mol. The number of hydrogen-bond acceptors (Lipinski definition) is 2. The predicted molar refractivity (Wildman–Crippen MR) is 103 cm³/mol. The summed E-state index contributed by atoms with van der Waals surface area (Å²) in [7, 11) is 1.54. The number of rotatable bonds is 4. The van der Waals surface area contributed by atoms with Crippen LogP contribution in [0.25, 0.3) is 10.9 Å². The van der Waals surface area contributed by atoms with Crippen molar-refractivity contribution in [3.05, 3.63) is 64.0 Å². The highest BCUT2D eigenvalue weighted by Crippen LogP contribution is 2.20. The Morgan fingerprint density at radius 3 is 2.69 bits per heavy atom. The van der Waals surface area contributed by atoms with Crippen molar-refractivity contribution in [1.29, 1.82) is 0 Å². The van der Waals surface area contributed by atoms with E-state index >= 15 is 0 Å². The molecule has 0 spiro atoms. The van der Waals surface area contributed by atoms with Gasteiger partial charge >= 0.3 is 0 Å². The van der Waals surface area contributed by atoms with Crippen molar-refractivity contribution in [2.24, 2.45) is 0 Å². The summed E-state index contributed by atoms with van der Waals surface area (Å²) in [6, 6.07) is 11.4. The predicted octanol–water partition coefficient (Wildman–Crippen LogP) is 4.09. The second-order valence-corrected chi connectivity index (χ2v) is 7.00. The van der Waals surface area contributed by atoms with Gasteiger partial charge in [-0.25, -0.2) is 4.39 Å². The number of carbonyl (C=O) groups is 2. The number of nitrogens with one attached hydrogen (secondary N) is 2. The van der Waals surface area contributed by atoms with Gasteiger partial charge in [0.05, 0.1) is 6.54 Å². The summed E-state index contributed by atoms with van der Waals surface area (Å²) in [6.45, 7) is 1.79. The van der Waals surface area contributed by atoms with E-state index in [0.29, 0.717) is 22.3 Å². The van der Waals surface area contributed by atoms with Gasteiger partial charge in [-0.3, -0.25) is 9.59 Å². The molecule has 3 rings (SSSR count). The van der Waals surface area contributed by atoms with Crippen LogP contribution in [0, 0.1) is 12.7 Å². The SMILES string of the molecule is Cc1cc(Br)ccc1NC(=O)CN(C)C(=O)c1cc2cc(F)ccc2[nH]1. The highest BCUT2D eigenvalue weighted by Gasteiger charge is 2.17. The molecule has 0 radical (unpaired) electrons. The summed E-state index contributed by atoms with van der Waals surface area (Å²) in [5, 5.41) is 3.40. The number of aromatic nitrogens is 1. The zero-order valence-electron chi connectivity index (χ0n) is 14.3. The molecule has 26 heavy (non-hydrogen) atoms. The van der Waals surface area contributed by atoms with Crippen LogP contribution in [0.4, 0.5) is 10.1 Å². The number of anilines is 1. The van der Waals surface area contributed by atoms with Crippen LogP contribution in [0.5, 0.6) is 0 Å². The maximum Gasteiger partial charge on any atom is 0.270 e. The van der Waals surface area contributed by atoms with Gasteiger partial charge < -0.3 is 15.2 Å². The normalized spacial score (nSPS) is 10.8. The van der Waals surface area contributed by atoms with Crippen molar-refractivity contribution in [1.82, 2.24) is 9.88 Å². The minimum Gasteiger partial charge on any atom is -0.351 e. The first-order valence-corrected chi connectivity index (χ1v) is 8.72. The Labute approximate surface area is 158 Å². The first-order valence-electron chi connectivity index (χ1n) is 7.93.